The average molecular weight is 327 g/mol. The first-order chi connectivity index (χ1) is 11.7. The zero-order valence-electron chi connectivity index (χ0n) is 13.3. The van der Waals surface area contributed by atoms with E-state index in [1.54, 1.807) is 37.4 Å². The van der Waals surface area contributed by atoms with Gasteiger partial charge in [0.2, 0.25) is 0 Å². The van der Waals surface area contributed by atoms with Gasteiger partial charge in [-0.2, -0.15) is 0 Å². The first-order valence-corrected chi connectivity index (χ1v) is 7.74. The minimum atomic E-state index is -0.376. The van der Waals surface area contributed by atoms with E-state index in [2.05, 4.69) is 4.98 Å². The van der Waals surface area contributed by atoms with Crippen LogP contribution in [0.25, 0.3) is 10.9 Å². The number of hydrogen-bond donors (Lipinski definition) is 1. The van der Waals surface area contributed by atoms with Crippen molar-refractivity contribution in [1.82, 2.24) is 4.98 Å². The minimum absolute atomic E-state index is 0.257. The monoisotopic (exact) mass is 327 g/mol. The molecule has 24 heavy (non-hydrogen) atoms. The second-order valence-electron chi connectivity index (χ2n) is 5.48. The van der Waals surface area contributed by atoms with Crippen LogP contribution in [0.1, 0.15) is 22.3 Å². The number of hydrogen-bond acceptors (Lipinski definition) is 3. The quantitative estimate of drug-likeness (QED) is 0.548. The Morgan fingerprint density at radius 1 is 1.21 bits per heavy atom. The molecule has 0 radical (unpaired) electrons. The summed E-state index contributed by atoms with van der Waals surface area (Å²) in [7, 11) is 1.55. The number of methoxy groups -OCH3 is 1. The lowest BCUT2D eigenvalue weighted by molar-refractivity contribution is 0.0500. The highest BCUT2D eigenvalue weighted by Gasteiger charge is 2.09. The highest BCUT2D eigenvalue weighted by molar-refractivity contribution is 5.89. The van der Waals surface area contributed by atoms with Gasteiger partial charge in [-0.3, -0.25) is 0 Å². The summed E-state index contributed by atoms with van der Waals surface area (Å²) in [5, 5.41) is 0.870. The van der Waals surface area contributed by atoms with E-state index in [1.165, 1.54) is 12.1 Å². The fourth-order valence-corrected chi connectivity index (χ4v) is 2.62. The van der Waals surface area contributed by atoms with E-state index in [1.807, 2.05) is 6.20 Å². The summed E-state index contributed by atoms with van der Waals surface area (Å²) in [6, 6.07) is 11.5. The topological polar surface area (TPSA) is 51.3 Å². The van der Waals surface area contributed by atoms with E-state index in [0.29, 0.717) is 30.8 Å². The lowest BCUT2D eigenvalue weighted by Gasteiger charge is -2.06. The van der Waals surface area contributed by atoms with Crippen molar-refractivity contribution in [3.05, 3.63) is 65.6 Å². The van der Waals surface area contributed by atoms with Crippen LogP contribution in [0.15, 0.2) is 48.7 Å². The third-order valence-corrected chi connectivity index (χ3v) is 3.86. The number of H-pyrrole nitrogens is 1. The molecule has 0 aliphatic carbocycles. The number of carbonyl (C=O) groups excluding carboxylic acids is 1. The molecule has 1 heterocycles. The lowest BCUT2D eigenvalue weighted by atomic mass is 10.1. The van der Waals surface area contributed by atoms with Crippen molar-refractivity contribution in [2.45, 2.75) is 12.8 Å². The summed E-state index contributed by atoms with van der Waals surface area (Å²) in [5.41, 5.74) is 2.38. The third-order valence-electron chi connectivity index (χ3n) is 3.86. The van der Waals surface area contributed by atoms with Gasteiger partial charge >= 0.3 is 5.97 Å². The number of carbonyl (C=O) groups is 1. The summed E-state index contributed by atoms with van der Waals surface area (Å²) in [5.74, 6) is -0.0167. The molecule has 124 valence electrons. The number of aromatic nitrogens is 1. The molecule has 2 aromatic carbocycles. The van der Waals surface area contributed by atoms with E-state index in [4.69, 9.17) is 9.47 Å². The molecule has 1 N–H and O–H groups in total. The van der Waals surface area contributed by atoms with Gasteiger partial charge in [-0.15, -0.1) is 0 Å². The lowest BCUT2D eigenvalue weighted by Crippen LogP contribution is -2.07. The van der Waals surface area contributed by atoms with E-state index in [0.717, 1.165) is 16.5 Å². The Labute approximate surface area is 139 Å². The second kappa shape index (κ2) is 7.17. The molecule has 0 amide bonds. The Kier molecular flexibility index (Phi) is 4.79. The Balaban J connectivity index is 1.54. The number of fused-ring (bicyclic) bond motifs is 1. The third kappa shape index (κ3) is 3.56. The number of nitrogens with one attached hydrogen (secondary N) is 1. The number of ether oxygens (including phenoxy) is 2. The molecule has 0 aliphatic heterocycles. The highest BCUT2D eigenvalue weighted by Crippen LogP contribution is 2.20. The highest BCUT2D eigenvalue weighted by atomic mass is 19.1. The average Bonchev–Trinajstić information content (AvgIpc) is 3.00. The Morgan fingerprint density at radius 3 is 2.92 bits per heavy atom. The number of aryl methyl sites for hydroxylation is 1. The van der Waals surface area contributed by atoms with Gasteiger partial charge in [-0.1, -0.05) is 6.07 Å². The predicted molar refractivity (Wildman–Crippen MR) is 89.9 cm³/mol. The summed E-state index contributed by atoms with van der Waals surface area (Å²) < 4.78 is 23.7. The number of benzene rings is 2. The van der Waals surface area contributed by atoms with Crippen molar-refractivity contribution >= 4 is 16.9 Å². The molecule has 0 saturated heterocycles. The van der Waals surface area contributed by atoms with E-state index in [9.17, 15) is 9.18 Å². The van der Waals surface area contributed by atoms with Gasteiger partial charge in [0.1, 0.15) is 11.6 Å². The molecule has 0 spiro atoms. The van der Waals surface area contributed by atoms with Crippen molar-refractivity contribution in [3.63, 3.8) is 0 Å². The van der Waals surface area contributed by atoms with Crippen molar-refractivity contribution in [1.29, 1.82) is 0 Å². The van der Waals surface area contributed by atoms with Gasteiger partial charge in [-0.25, -0.2) is 9.18 Å². The SMILES string of the molecule is COc1cccc(C(=O)OCCCc2c[nH]c3ccc(F)cc23)c1. The van der Waals surface area contributed by atoms with Gasteiger partial charge in [0.15, 0.2) is 0 Å². The number of halogens is 1. The Morgan fingerprint density at radius 2 is 2.08 bits per heavy atom. The summed E-state index contributed by atoms with van der Waals surface area (Å²) in [6.07, 6.45) is 3.24. The molecule has 3 rings (SSSR count). The van der Waals surface area contributed by atoms with Gasteiger partial charge in [-0.05, 0) is 54.8 Å². The van der Waals surface area contributed by atoms with Crippen molar-refractivity contribution < 1.29 is 18.7 Å². The van der Waals surface area contributed by atoms with E-state index in [-0.39, 0.29) is 11.8 Å². The minimum Gasteiger partial charge on any atom is -0.497 e. The maximum atomic E-state index is 13.3. The van der Waals surface area contributed by atoms with Crippen LogP contribution < -0.4 is 4.74 Å². The van der Waals surface area contributed by atoms with Gasteiger partial charge in [0.25, 0.3) is 0 Å². The fraction of sp³-hybridized carbons (Fsp3) is 0.211. The molecule has 5 heteroatoms. The van der Waals surface area contributed by atoms with Crippen LogP contribution in [0, 0.1) is 5.82 Å². The normalized spacial score (nSPS) is 10.8. The molecule has 1 aromatic heterocycles. The zero-order valence-corrected chi connectivity index (χ0v) is 13.3. The van der Waals surface area contributed by atoms with Crippen LogP contribution in [0.4, 0.5) is 4.39 Å². The number of esters is 1. The molecule has 0 bridgehead atoms. The first kappa shape index (κ1) is 16.1. The molecule has 4 nitrogen and oxygen atoms in total. The maximum Gasteiger partial charge on any atom is 0.338 e. The molecule has 0 unspecified atom stereocenters. The molecule has 0 atom stereocenters. The Bertz CT molecular complexity index is 857. The largest absolute Gasteiger partial charge is 0.497 e. The zero-order chi connectivity index (χ0) is 16.9. The van der Waals surface area contributed by atoms with Gasteiger partial charge in [0.05, 0.1) is 19.3 Å². The molecule has 0 saturated carbocycles. The second-order valence-corrected chi connectivity index (χ2v) is 5.48. The van der Waals surface area contributed by atoms with Crippen LogP contribution in [-0.4, -0.2) is 24.7 Å². The maximum absolute atomic E-state index is 13.3. The fourth-order valence-electron chi connectivity index (χ4n) is 2.62. The van der Waals surface area contributed by atoms with Crippen molar-refractivity contribution in [3.8, 4) is 5.75 Å². The van der Waals surface area contributed by atoms with Crippen LogP contribution in [0.3, 0.4) is 0 Å². The van der Waals surface area contributed by atoms with Gasteiger partial charge in [0, 0.05) is 17.1 Å². The Hall–Kier alpha value is -2.82. The number of rotatable bonds is 6. The first-order valence-electron chi connectivity index (χ1n) is 7.74. The van der Waals surface area contributed by atoms with E-state index < -0.39 is 0 Å². The van der Waals surface area contributed by atoms with Crippen LogP contribution in [0.5, 0.6) is 5.75 Å². The molecule has 3 aromatic rings. The van der Waals surface area contributed by atoms with Crippen molar-refractivity contribution in [2.24, 2.45) is 0 Å². The standard InChI is InChI=1S/C19H18FNO3/c1-23-16-6-2-4-13(10-16)19(22)24-9-3-5-14-12-21-18-8-7-15(20)11-17(14)18/h2,4,6-8,10-12,21H,3,5,9H2,1H3. The molecular weight excluding hydrogens is 309 g/mol. The van der Waals surface area contributed by atoms with Gasteiger partial charge < -0.3 is 14.5 Å². The summed E-state index contributed by atoms with van der Waals surface area (Å²) in [6.45, 7) is 0.304. The predicted octanol–water partition coefficient (Wildman–Crippen LogP) is 4.11. The molecule has 0 aliphatic rings. The van der Waals surface area contributed by atoms with Crippen LogP contribution >= 0.6 is 0 Å². The summed E-state index contributed by atoms with van der Waals surface area (Å²) in [4.78, 5) is 15.1. The molecular formula is C19H18FNO3. The number of aromatic amines is 1. The van der Waals surface area contributed by atoms with Crippen LogP contribution in [-0.2, 0) is 11.2 Å². The van der Waals surface area contributed by atoms with Crippen molar-refractivity contribution in [2.75, 3.05) is 13.7 Å². The van der Waals surface area contributed by atoms with Crippen LogP contribution in [0.2, 0.25) is 0 Å². The summed E-state index contributed by atoms with van der Waals surface area (Å²) >= 11 is 0. The smallest absolute Gasteiger partial charge is 0.338 e. The molecule has 0 fully saturated rings. The van der Waals surface area contributed by atoms with E-state index >= 15 is 0 Å².